The maximum Gasteiger partial charge on any atom is 0.259 e. The minimum atomic E-state index is -0.363. The number of nitrogens with zero attached hydrogens (tertiary/aromatic N) is 2. The summed E-state index contributed by atoms with van der Waals surface area (Å²) in [5.74, 6) is 1.36. The van der Waals surface area contributed by atoms with Crippen LogP contribution < -0.4 is 5.73 Å². The molecule has 0 radical (unpaired) electrons. The SMILES string of the molecule is Cl.NC1(c2noc(-c3csc4c3CCCC4)n2)CCCC1. The summed E-state index contributed by atoms with van der Waals surface area (Å²) in [5.41, 5.74) is 8.61. The molecule has 2 aliphatic carbocycles. The van der Waals surface area contributed by atoms with E-state index < -0.39 is 0 Å². The first-order valence-corrected chi connectivity index (χ1v) is 8.37. The zero-order valence-electron chi connectivity index (χ0n) is 11.9. The maximum atomic E-state index is 6.40. The molecule has 21 heavy (non-hydrogen) atoms. The molecule has 114 valence electrons. The summed E-state index contributed by atoms with van der Waals surface area (Å²) in [6.07, 6.45) is 9.15. The quantitative estimate of drug-likeness (QED) is 0.911. The van der Waals surface area contributed by atoms with Gasteiger partial charge in [-0.15, -0.1) is 23.7 Å². The summed E-state index contributed by atoms with van der Waals surface area (Å²) in [6, 6.07) is 0. The summed E-state index contributed by atoms with van der Waals surface area (Å²) in [5, 5.41) is 6.34. The summed E-state index contributed by atoms with van der Waals surface area (Å²) >= 11 is 1.83. The van der Waals surface area contributed by atoms with E-state index in [-0.39, 0.29) is 17.9 Å². The van der Waals surface area contributed by atoms with Crippen molar-refractivity contribution in [1.82, 2.24) is 10.1 Å². The number of hydrogen-bond acceptors (Lipinski definition) is 5. The highest BCUT2D eigenvalue weighted by Crippen LogP contribution is 2.38. The molecule has 6 heteroatoms. The fraction of sp³-hybridized carbons (Fsp3) is 0.600. The van der Waals surface area contributed by atoms with Crippen LogP contribution in [-0.2, 0) is 18.4 Å². The van der Waals surface area contributed by atoms with Crippen molar-refractivity contribution in [3.05, 3.63) is 21.6 Å². The van der Waals surface area contributed by atoms with Crippen LogP contribution >= 0.6 is 23.7 Å². The molecular weight excluding hydrogens is 306 g/mol. The van der Waals surface area contributed by atoms with Crippen LogP contribution in [0.4, 0.5) is 0 Å². The second-order valence-corrected chi connectivity index (χ2v) is 7.01. The van der Waals surface area contributed by atoms with E-state index in [0.29, 0.717) is 11.7 Å². The Labute approximate surface area is 134 Å². The van der Waals surface area contributed by atoms with Gasteiger partial charge < -0.3 is 10.3 Å². The largest absolute Gasteiger partial charge is 0.334 e. The van der Waals surface area contributed by atoms with Crippen molar-refractivity contribution in [2.24, 2.45) is 5.73 Å². The van der Waals surface area contributed by atoms with Crippen molar-refractivity contribution >= 4 is 23.7 Å². The minimum Gasteiger partial charge on any atom is -0.334 e. The van der Waals surface area contributed by atoms with Gasteiger partial charge in [-0.25, -0.2) is 0 Å². The van der Waals surface area contributed by atoms with Gasteiger partial charge in [0.2, 0.25) is 0 Å². The number of rotatable bonds is 2. The number of thiophene rings is 1. The lowest BCUT2D eigenvalue weighted by Crippen LogP contribution is -2.34. The molecule has 0 amide bonds. The molecule has 1 fully saturated rings. The molecule has 2 heterocycles. The molecule has 0 aromatic carbocycles. The molecule has 2 aliphatic rings. The van der Waals surface area contributed by atoms with Gasteiger partial charge in [-0.2, -0.15) is 4.98 Å². The Balaban J connectivity index is 0.00000132. The van der Waals surface area contributed by atoms with Crippen LogP contribution in [0.2, 0.25) is 0 Å². The molecule has 0 unspecified atom stereocenters. The van der Waals surface area contributed by atoms with Crippen molar-refractivity contribution in [3.8, 4) is 11.5 Å². The summed E-state index contributed by atoms with van der Waals surface area (Å²) in [4.78, 5) is 6.11. The van der Waals surface area contributed by atoms with Gasteiger partial charge in [0.05, 0.1) is 11.1 Å². The van der Waals surface area contributed by atoms with Crippen molar-refractivity contribution in [2.75, 3.05) is 0 Å². The van der Waals surface area contributed by atoms with Gasteiger partial charge in [0.1, 0.15) is 0 Å². The van der Waals surface area contributed by atoms with Gasteiger partial charge >= 0.3 is 0 Å². The lowest BCUT2D eigenvalue weighted by atomic mass is 9.96. The van der Waals surface area contributed by atoms with Crippen LogP contribution in [-0.4, -0.2) is 10.1 Å². The van der Waals surface area contributed by atoms with Crippen LogP contribution in [0, 0.1) is 0 Å². The highest BCUT2D eigenvalue weighted by molar-refractivity contribution is 7.10. The Hall–Kier alpha value is -0.910. The number of halogens is 1. The van der Waals surface area contributed by atoms with E-state index in [2.05, 4.69) is 15.5 Å². The number of nitrogens with two attached hydrogens (primary N) is 1. The van der Waals surface area contributed by atoms with Gasteiger partial charge in [0, 0.05) is 10.3 Å². The molecular formula is C15H20ClN3OS. The van der Waals surface area contributed by atoms with Crippen LogP contribution in [0.25, 0.3) is 11.5 Å². The first-order chi connectivity index (χ1) is 9.76. The molecule has 4 nitrogen and oxygen atoms in total. The van der Waals surface area contributed by atoms with Crippen molar-refractivity contribution in [1.29, 1.82) is 0 Å². The third-order valence-electron chi connectivity index (χ3n) is 4.66. The topological polar surface area (TPSA) is 64.9 Å². The standard InChI is InChI=1S/C15H19N3OS.ClH/c16-15(7-3-4-8-15)14-17-13(19-18-14)11-9-20-12-6-2-1-5-10(11)12;/h9H,1-8,16H2;1H. The van der Waals surface area contributed by atoms with Gasteiger partial charge in [0.25, 0.3) is 5.89 Å². The Morgan fingerprint density at radius 2 is 1.90 bits per heavy atom. The number of fused-ring (bicyclic) bond motifs is 1. The Morgan fingerprint density at radius 1 is 1.14 bits per heavy atom. The molecule has 2 aromatic heterocycles. The smallest absolute Gasteiger partial charge is 0.259 e. The van der Waals surface area contributed by atoms with Gasteiger partial charge in [-0.05, 0) is 44.1 Å². The summed E-state index contributed by atoms with van der Waals surface area (Å²) in [6.45, 7) is 0. The van der Waals surface area contributed by atoms with E-state index in [1.165, 1.54) is 29.7 Å². The Kier molecular flexibility index (Phi) is 4.08. The number of hydrogen-bond donors (Lipinski definition) is 1. The predicted octanol–water partition coefficient (Wildman–Crippen LogP) is 3.83. The monoisotopic (exact) mass is 325 g/mol. The highest BCUT2D eigenvalue weighted by atomic mass is 35.5. The van der Waals surface area contributed by atoms with Crippen molar-refractivity contribution < 1.29 is 4.52 Å². The fourth-order valence-corrected chi connectivity index (χ4v) is 4.56. The third-order valence-corrected chi connectivity index (χ3v) is 5.75. The van der Waals surface area contributed by atoms with Crippen LogP contribution in [0.15, 0.2) is 9.90 Å². The van der Waals surface area contributed by atoms with E-state index in [1.807, 2.05) is 11.3 Å². The third kappa shape index (κ3) is 2.51. The van der Waals surface area contributed by atoms with E-state index in [4.69, 9.17) is 10.3 Å². The van der Waals surface area contributed by atoms with Crippen LogP contribution in [0.3, 0.4) is 0 Å². The average Bonchev–Trinajstić information content (AvgIpc) is 3.16. The second-order valence-electron chi connectivity index (χ2n) is 6.04. The molecule has 0 atom stereocenters. The molecule has 4 rings (SSSR count). The summed E-state index contributed by atoms with van der Waals surface area (Å²) in [7, 11) is 0. The van der Waals surface area contributed by atoms with Crippen LogP contribution in [0.1, 0.15) is 54.8 Å². The minimum absolute atomic E-state index is 0. The first-order valence-electron chi connectivity index (χ1n) is 7.49. The lowest BCUT2D eigenvalue weighted by molar-refractivity contribution is 0.372. The number of aryl methyl sites for hydroxylation is 1. The molecule has 0 bridgehead atoms. The van der Waals surface area contributed by atoms with Crippen LogP contribution in [0.5, 0.6) is 0 Å². The van der Waals surface area contributed by atoms with E-state index in [9.17, 15) is 0 Å². The fourth-order valence-electron chi connectivity index (χ4n) is 3.44. The molecule has 2 aromatic rings. The van der Waals surface area contributed by atoms with Gasteiger partial charge in [-0.1, -0.05) is 18.0 Å². The first kappa shape index (κ1) is 15.0. The van der Waals surface area contributed by atoms with Crippen molar-refractivity contribution in [2.45, 2.75) is 56.9 Å². The number of aromatic nitrogens is 2. The average molecular weight is 326 g/mol. The van der Waals surface area contributed by atoms with E-state index in [1.54, 1.807) is 0 Å². The van der Waals surface area contributed by atoms with Crippen molar-refractivity contribution in [3.63, 3.8) is 0 Å². The Morgan fingerprint density at radius 3 is 2.71 bits per heavy atom. The lowest BCUT2D eigenvalue weighted by Gasteiger charge is -2.17. The second kappa shape index (κ2) is 5.71. The Bertz CT molecular complexity index is 631. The maximum absolute atomic E-state index is 6.40. The summed E-state index contributed by atoms with van der Waals surface area (Å²) < 4.78 is 5.52. The highest BCUT2D eigenvalue weighted by Gasteiger charge is 2.36. The normalized spacial score (nSPS) is 20.0. The van der Waals surface area contributed by atoms with Gasteiger partial charge in [0.15, 0.2) is 5.82 Å². The molecule has 0 saturated heterocycles. The molecule has 1 saturated carbocycles. The molecule has 0 aliphatic heterocycles. The van der Waals surface area contributed by atoms with Gasteiger partial charge in [-0.3, -0.25) is 0 Å². The van der Waals surface area contributed by atoms with E-state index >= 15 is 0 Å². The zero-order chi connectivity index (χ0) is 13.6. The zero-order valence-corrected chi connectivity index (χ0v) is 13.6. The molecule has 2 N–H and O–H groups in total. The predicted molar refractivity (Wildman–Crippen MR) is 85.8 cm³/mol. The molecule has 0 spiro atoms. The van der Waals surface area contributed by atoms with E-state index in [0.717, 1.165) is 37.7 Å².